The Hall–Kier alpha value is -1.82. The van der Waals surface area contributed by atoms with Crippen LogP contribution < -0.4 is 5.32 Å². The lowest BCUT2D eigenvalue weighted by molar-refractivity contribution is 0.0904. The molecule has 26 heavy (non-hydrogen) atoms. The Morgan fingerprint density at radius 1 is 1.35 bits per heavy atom. The van der Waals surface area contributed by atoms with Crippen molar-refractivity contribution < 1.29 is 9.84 Å². The van der Waals surface area contributed by atoms with E-state index in [0.717, 1.165) is 36.3 Å². The lowest BCUT2D eigenvalue weighted by Gasteiger charge is -2.28. The molecule has 4 nitrogen and oxygen atoms in total. The van der Waals surface area contributed by atoms with E-state index in [1.807, 2.05) is 48.2 Å². The van der Waals surface area contributed by atoms with E-state index in [-0.39, 0.29) is 11.9 Å². The van der Waals surface area contributed by atoms with Crippen molar-refractivity contribution in [3.8, 4) is 5.75 Å². The first-order chi connectivity index (χ1) is 12.5. The number of nitrogens with one attached hydrogen (secondary N) is 1. The summed E-state index contributed by atoms with van der Waals surface area (Å²) in [5, 5.41) is 14.7. The number of para-hydroxylation sites is 1. The van der Waals surface area contributed by atoms with Crippen LogP contribution in [0.25, 0.3) is 0 Å². The second-order valence-electron chi connectivity index (χ2n) is 6.54. The number of anilines is 1. The van der Waals surface area contributed by atoms with Gasteiger partial charge in [-0.1, -0.05) is 35.9 Å². The minimum absolute atomic E-state index is 0.155. The maximum absolute atomic E-state index is 10.1. The van der Waals surface area contributed by atoms with Gasteiger partial charge in [-0.25, -0.2) is 0 Å². The van der Waals surface area contributed by atoms with Gasteiger partial charge in [0.25, 0.3) is 0 Å². The molecule has 0 aromatic heterocycles. The molecule has 6 heteroatoms. The minimum atomic E-state index is 0.155. The van der Waals surface area contributed by atoms with Gasteiger partial charge >= 0.3 is 0 Å². The molecule has 1 saturated heterocycles. The molecule has 1 aliphatic rings. The summed E-state index contributed by atoms with van der Waals surface area (Å²) in [5.41, 5.74) is 2.70. The number of aromatic hydroxyl groups is 1. The zero-order valence-electron chi connectivity index (χ0n) is 14.7. The molecule has 0 radical (unpaired) electrons. The van der Waals surface area contributed by atoms with Crippen molar-refractivity contribution in [3.63, 3.8) is 0 Å². The van der Waals surface area contributed by atoms with E-state index in [1.165, 1.54) is 0 Å². The Kier molecular flexibility index (Phi) is 6.35. The van der Waals surface area contributed by atoms with E-state index in [0.29, 0.717) is 23.2 Å². The molecule has 0 spiro atoms. The van der Waals surface area contributed by atoms with Gasteiger partial charge in [0, 0.05) is 36.0 Å². The number of hydrogen-bond donors (Lipinski definition) is 2. The summed E-state index contributed by atoms with van der Waals surface area (Å²) < 4.78 is 5.77. The SMILES string of the molecule is Cc1ccc(NC(=S)N(Cc2ccccc2O)C[C@@H]2CCCO2)cc1Cl. The maximum Gasteiger partial charge on any atom is 0.173 e. The summed E-state index contributed by atoms with van der Waals surface area (Å²) >= 11 is 11.9. The zero-order chi connectivity index (χ0) is 18.5. The highest BCUT2D eigenvalue weighted by Crippen LogP contribution is 2.23. The average molecular weight is 391 g/mol. The summed E-state index contributed by atoms with van der Waals surface area (Å²) in [6, 6.07) is 13.1. The molecule has 0 bridgehead atoms. The third-order valence-electron chi connectivity index (χ3n) is 4.51. The van der Waals surface area contributed by atoms with Gasteiger partial charge < -0.3 is 20.1 Å². The molecule has 1 heterocycles. The number of halogens is 1. The standard InChI is InChI=1S/C20H23ClN2O2S/c1-14-8-9-16(11-18(14)21)22-20(26)23(13-17-6-4-10-25-17)12-15-5-2-3-7-19(15)24/h2-3,5,7-9,11,17,24H,4,6,10,12-13H2,1H3,(H,22,26)/t17-/m0/s1. The highest BCUT2D eigenvalue weighted by atomic mass is 35.5. The molecule has 0 aliphatic carbocycles. The van der Waals surface area contributed by atoms with Crippen LogP contribution in [0.5, 0.6) is 5.75 Å². The topological polar surface area (TPSA) is 44.7 Å². The molecule has 0 unspecified atom stereocenters. The quantitative estimate of drug-likeness (QED) is 0.722. The van der Waals surface area contributed by atoms with E-state index >= 15 is 0 Å². The molecule has 2 N–H and O–H groups in total. The summed E-state index contributed by atoms with van der Waals surface area (Å²) in [7, 11) is 0. The van der Waals surface area contributed by atoms with Crippen molar-refractivity contribution in [3.05, 3.63) is 58.6 Å². The Balaban J connectivity index is 1.75. The van der Waals surface area contributed by atoms with Gasteiger partial charge in [0.2, 0.25) is 0 Å². The Bertz CT molecular complexity index is 778. The number of thiocarbonyl (C=S) groups is 1. The first-order valence-corrected chi connectivity index (χ1v) is 9.52. The highest BCUT2D eigenvalue weighted by molar-refractivity contribution is 7.80. The fraction of sp³-hybridized carbons (Fsp3) is 0.350. The number of ether oxygens (including phenoxy) is 1. The van der Waals surface area contributed by atoms with Gasteiger partial charge in [0.1, 0.15) is 5.75 Å². The van der Waals surface area contributed by atoms with Crippen molar-refractivity contribution in [2.24, 2.45) is 0 Å². The van der Waals surface area contributed by atoms with E-state index in [9.17, 15) is 5.11 Å². The molecule has 3 rings (SSSR count). The van der Waals surface area contributed by atoms with Crippen LogP contribution >= 0.6 is 23.8 Å². The molecular formula is C20H23ClN2O2S. The van der Waals surface area contributed by atoms with Crippen molar-refractivity contribution in [1.82, 2.24) is 4.90 Å². The third kappa shape index (κ3) is 4.87. The van der Waals surface area contributed by atoms with Gasteiger partial charge in [-0.2, -0.15) is 0 Å². The van der Waals surface area contributed by atoms with Gasteiger partial charge in [-0.05, 0) is 55.7 Å². The van der Waals surface area contributed by atoms with Crippen LogP contribution in [-0.2, 0) is 11.3 Å². The van der Waals surface area contributed by atoms with Gasteiger partial charge in [-0.15, -0.1) is 0 Å². The monoisotopic (exact) mass is 390 g/mol. The van der Waals surface area contributed by atoms with Crippen LogP contribution in [0.4, 0.5) is 5.69 Å². The Labute approximate surface area is 164 Å². The van der Waals surface area contributed by atoms with Crippen LogP contribution in [0.3, 0.4) is 0 Å². The number of benzene rings is 2. The number of hydrogen-bond acceptors (Lipinski definition) is 3. The molecule has 1 aliphatic heterocycles. The Morgan fingerprint density at radius 3 is 2.85 bits per heavy atom. The third-order valence-corrected chi connectivity index (χ3v) is 5.28. The minimum Gasteiger partial charge on any atom is -0.508 e. The first-order valence-electron chi connectivity index (χ1n) is 8.73. The number of phenolic OH excluding ortho intramolecular Hbond substituents is 1. The number of rotatable bonds is 5. The largest absolute Gasteiger partial charge is 0.508 e. The average Bonchev–Trinajstić information content (AvgIpc) is 3.12. The van der Waals surface area contributed by atoms with Crippen molar-refractivity contribution in [2.75, 3.05) is 18.5 Å². The van der Waals surface area contributed by atoms with Crippen LogP contribution in [0, 0.1) is 6.92 Å². The molecule has 0 saturated carbocycles. The fourth-order valence-electron chi connectivity index (χ4n) is 2.98. The first kappa shape index (κ1) is 19.0. The summed E-state index contributed by atoms with van der Waals surface area (Å²) in [5.74, 6) is 0.269. The number of aryl methyl sites for hydroxylation is 1. The normalized spacial score (nSPS) is 16.5. The van der Waals surface area contributed by atoms with Crippen molar-refractivity contribution >= 4 is 34.6 Å². The van der Waals surface area contributed by atoms with Crippen LogP contribution in [0.15, 0.2) is 42.5 Å². The van der Waals surface area contributed by atoms with E-state index < -0.39 is 0 Å². The van der Waals surface area contributed by atoms with Crippen LogP contribution in [-0.4, -0.2) is 34.4 Å². The fourth-order valence-corrected chi connectivity index (χ4v) is 3.41. The second kappa shape index (κ2) is 8.71. The molecule has 2 aromatic rings. The van der Waals surface area contributed by atoms with E-state index in [1.54, 1.807) is 6.07 Å². The molecular weight excluding hydrogens is 368 g/mol. The zero-order valence-corrected chi connectivity index (χ0v) is 16.3. The summed E-state index contributed by atoms with van der Waals surface area (Å²) in [6.07, 6.45) is 2.25. The maximum atomic E-state index is 10.1. The highest BCUT2D eigenvalue weighted by Gasteiger charge is 2.22. The smallest absolute Gasteiger partial charge is 0.173 e. The van der Waals surface area contributed by atoms with Crippen molar-refractivity contribution in [2.45, 2.75) is 32.4 Å². The lowest BCUT2D eigenvalue weighted by Crippen LogP contribution is -2.39. The van der Waals surface area contributed by atoms with Crippen LogP contribution in [0.1, 0.15) is 24.0 Å². The predicted octanol–water partition coefficient (Wildman–Crippen LogP) is 4.73. The summed E-state index contributed by atoms with van der Waals surface area (Å²) in [4.78, 5) is 2.04. The van der Waals surface area contributed by atoms with Gasteiger partial charge in [-0.3, -0.25) is 0 Å². The number of phenols is 1. The van der Waals surface area contributed by atoms with Crippen LogP contribution in [0.2, 0.25) is 5.02 Å². The van der Waals surface area contributed by atoms with Gasteiger partial charge in [0.15, 0.2) is 5.11 Å². The van der Waals surface area contributed by atoms with E-state index in [4.69, 9.17) is 28.6 Å². The lowest BCUT2D eigenvalue weighted by atomic mass is 10.1. The Morgan fingerprint density at radius 2 is 2.15 bits per heavy atom. The molecule has 1 fully saturated rings. The van der Waals surface area contributed by atoms with Crippen molar-refractivity contribution in [1.29, 1.82) is 0 Å². The second-order valence-corrected chi connectivity index (χ2v) is 7.33. The molecule has 0 amide bonds. The molecule has 138 valence electrons. The predicted molar refractivity (Wildman–Crippen MR) is 110 cm³/mol. The summed E-state index contributed by atoms with van der Waals surface area (Å²) in [6.45, 7) is 3.95. The molecule has 2 aromatic carbocycles. The van der Waals surface area contributed by atoms with E-state index in [2.05, 4.69) is 5.32 Å². The van der Waals surface area contributed by atoms with Gasteiger partial charge in [0.05, 0.1) is 6.10 Å². The molecule has 1 atom stereocenters. The number of nitrogens with zero attached hydrogens (tertiary/aromatic N) is 1.